The maximum Gasteiger partial charge on any atom is 0.306 e. The molecular formula is C77H132O6. The molecule has 0 aromatic carbocycles. The molecule has 6 heteroatoms. The summed E-state index contributed by atoms with van der Waals surface area (Å²) < 4.78 is 16.9. The maximum absolute atomic E-state index is 13.0. The third-order valence-electron chi connectivity index (χ3n) is 15.3. The van der Waals surface area contributed by atoms with Crippen molar-refractivity contribution in [3.05, 3.63) is 109 Å². The molecule has 0 saturated carbocycles. The van der Waals surface area contributed by atoms with E-state index in [1.54, 1.807) is 0 Å². The molecule has 0 aliphatic carbocycles. The van der Waals surface area contributed by atoms with Gasteiger partial charge in [0.05, 0.1) is 0 Å². The van der Waals surface area contributed by atoms with Gasteiger partial charge in [0.25, 0.3) is 0 Å². The molecule has 0 aliphatic rings. The standard InChI is InChI=1S/C77H132O6/c1-4-7-10-13-16-19-22-25-27-29-31-33-35-37-38-40-41-43-45-47-49-52-55-58-61-64-67-70-76(79)82-73-74(72-81-75(78)69-66-63-60-57-54-51-24-21-18-15-12-9-6-3)83-77(80)71-68-65-62-59-56-53-50-48-46-44-42-39-36-34-32-30-28-26-23-20-17-14-11-8-5-2/h7,9-10,12,16,18-19,21,25,27,31,33,37-38,41,43,51,54,74H,4-6,8,11,13-15,17,20,22-24,26,28-30,32,34-36,39-40,42,44-50,52-53,55-73H2,1-3H3/b10-7-,12-9-,19-16-,21-18-,27-25-,33-31-,38-37-,43-41-,54-51-. The van der Waals surface area contributed by atoms with Gasteiger partial charge < -0.3 is 14.2 Å². The third-order valence-corrected chi connectivity index (χ3v) is 15.3. The minimum absolute atomic E-state index is 0.0904. The molecule has 0 N–H and O–H groups in total. The molecule has 0 aromatic rings. The normalized spacial score (nSPS) is 12.8. The quantitative estimate of drug-likeness (QED) is 0.0261. The molecule has 0 bridgehead atoms. The first kappa shape index (κ1) is 79.1. The first-order chi connectivity index (χ1) is 41.0. The highest BCUT2D eigenvalue weighted by molar-refractivity contribution is 5.71. The molecule has 0 fully saturated rings. The molecule has 476 valence electrons. The van der Waals surface area contributed by atoms with Crippen LogP contribution < -0.4 is 0 Å². The number of carbonyl (C=O) groups is 3. The summed E-state index contributed by atoms with van der Waals surface area (Å²) in [6, 6.07) is 0. The van der Waals surface area contributed by atoms with E-state index in [-0.39, 0.29) is 31.1 Å². The average Bonchev–Trinajstić information content (AvgIpc) is 3.49. The number of unbranched alkanes of at least 4 members (excludes halogenated alkanes) is 35. The zero-order valence-corrected chi connectivity index (χ0v) is 54.7. The van der Waals surface area contributed by atoms with Crippen molar-refractivity contribution in [2.75, 3.05) is 13.2 Å². The van der Waals surface area contributed by atoms with Gasteiger partial charge in [0.1, 0.15) is 13.2 Å². The Morgan fingerprint density at radius 3 is 0.747 bits per heavy atom. The molecule has 1 unspecified atom stereocenters. The van der Waals surface area contributed by atoms with Crippen LogP contribution >= 0.6 is 0 Å². The maximum atomic E-state index is 13.0. The molecule has 83 heavy (non-hydrogen) atoms. The van der Waals surface area contributed by atoms with E-state index in [1.807, 2.05) is 0 Å². The molecule has 0 aromatic heterocycles. The Labute approximate surface area is 514 Å². The van der Waals surface area contributed by atoms with Crippen molar-refractivity contribution in [3.63, 3.8) is 0 Å². The molecule has 1 atom stereocenters. The van der Waals surface area contributed by atoms with Gasteiger partial charge in [0.15, 0.2) is 6.10 Å². The topological polar surface area (TPSA) is 78.9 Å². The Hall–Kier alpha value is -3.93. The fraction of sp³-hybridized carbons (Fsp3) is 0.727. The van der Waals surface area contributed by atoms with Crippen LogP contribution in [0.5, 0.6) is 0 Å². The van der Waals surface area contributed by atoms with E-state index < -0.39 is 6.10 Å². The van der Waals surface area contributed by atoms with Gasteiger partial charge in [0.2, 0.25) is 0 Å². The van der Waals surface area contributed by atoms with Crippen molar-refractivity contribution in [2.45, 2.75) is 348 Å². The Morgan fingerprint density at radius 2 is 0.470 bits per heavy atom. The van der Waals surface area contributed by atoms with Crippen LogP contribution in [0.25, 0.3) is 0 Å². The number of carbonyl (C=O) groups excluding carboxylic acids is 3. The van der Waals surface area contributed by atoms with E-state index in [0.717, 1.165) is 128 Å². The van der Waals surface area contributed by atoms with E-state index in [4.69, 9.17) is 14.2 Å². The van der Waals surface area contributed by atoms with Crippen LogP contribution in [0.2, 0.25) is 0 Å². The highest BCUT2D eigenvalue weighted by atomic mass is 16.6. The number of allylic oxidation sites excluding steroid dienone is 18. The average molecular weight is 1150 g/mol. The van der Waals surface area contributed by atoms with Crippen molar-refractivity contribution < 1.29 is 28.6 Å². The summed E-state index contributed by atoms with van der Waals surface area (Å²) in [5.41, 5.74) is 0. The third kappa shape index (κ3) is 68.7. The smallest absolute Gasteiger partial charge is 0.306 e. The second kappa shape index (κ2) is 70.6. The number of esters is 3. The second-order valence-corrected chi connectivity index (χ2v) is 23.4. The van der Waals surface area contributed by atoms with Crippen molar-refractivity contribution >= 4 is 17.9 Å². The first-order valence-corrected chi connectivity index (χ1v) is 35.4. The monoisotopic (exact) mass is 1150 g/mol. The van der Waals surface area contributed by atoms with E-state index in [9.17, 15) is 14.4 Å². The summed E-state index contributed by atoms with van der Waals surface area (Å²) in [7, 11) is 0. The summed E-state index contributed by atoms with van der Waals surface area (Å²) in [5, 5.41) is 0. The minimum atomic E-state index is -0.796. The van der Waals surface area contributed by atoms with Crippen LogP contribution in [0.4, 0.5) is 0 Å². The van der Waals surface area contributed by atoms with Gasteiger partial charge in [-0.15, -0.1) is 0 Å². The molecule has 6 nitrogen and oxygen atoms in total. The summed E-state index contributed by atoms with van der Waals surface area (Å²) in [6.07, 6.45) is 97.0. The lowest BCUT2D eigenvalue weighted by Crippen LogP contribution is -2.30. The fourth-order valence-corrected chi connectivity index (χ4v) is 10.1. The Kier molecular flexibility index (Phi) is 67.2. The number of hydrogen-bond donors (Lipinski definition) is 0. The van der Waals surface area contributed by atoms with Crippen LogP contribution in [0.1, 0.15) is 342 Å². The van der Waals surface area contributed by atoms with Crippen LogP contribution in [-0.4, -0.2) is 37.2 Å². The lowest BCUT2D eigenvalue weighted by molar-refractivity contribution is -0.167. The number of hydrogen-bond acceptors (Lipinski definition) is 6. The van der Waals surface area contributed by atoms with Gasteiger partial charge in [-0.2, -0.15) is 0 Å². The van der Waals surface area contributed by atoms with Crippen LogP contribution in [0.15, 0.2) is 109 Å². The van der Waals surface area contributed by atoms with Gasteiger partial charge in [-0.3, -0.25) is 14.4 Å². The Balaban J connectivity index is 4.30. The zero-order valence-electron chi connectivity index (χ0n) is 54.7. The van der Waals surface area contributed by atoms with E-state index in [0.29, 0.717) is 19.3 Å². The van der Waals surface area contributed by atoms with Gasteiger partial charge in [-0.25, -0.2) is 0 Å². The number of rotatable bonds is 64. The molecule has 0 rings (SSSR count). The highest BCUT2D eigenvalue weighted by Crippen LogP contribution is 2.18. The van der Waals surface area contributed by atoms with Crippen molar-refractivity contribution in [2.24, 2.45) is 0 Å². The van der Waals surface area contributed by atoms with E-state index in [2.05, 4.69) is 130 Å². The summed E-state index contributed by atoms with van der Waals surface area (Å²) in [6.45, 7) is 6.42. The summed E-state index contributed by atoms with van der Waals surface area (Å²) in [5.74, 6) is -0.914. The lowest BCUT2D eigenvalue weighted by Gasteiger charge is -2.18. The van der Waals surface area contributed by atoms with Gasteiger partial charge >= 0.3 is 17.9 Å². The van der Waals surface area contributed by atoms with E-state index >= 15 is 0 Å². The van der Waals surface area contributed by atoms with E-state index in [1.165, 1.54) is 173 Å². The van der Waals surface area contributed by atoms with Gasteiger partial charge in [0, 0.05) is 19.3 Å². The molecule has 0 amide bonds. The molecule has 0 aliphatic heterocycles. The number of ether oxygens (including phenoxy) is 3. The highest BCUT2D eigenvalue weighted by Gasteiger charge is 2.19. The van der Waals surface area contributed by atoms with Crippen LogP contribution in [-0.2, 0) is 28.6 Å². The van der Waals surface area contributed by atoms with Crippen molar-refractivity contribution in [3.8, 4) is 0 Å². The molecule has 0 heterocycles. The molecule has 0 saturated heterocycles. The van der Waals surface area contributed by atoms with Gasteiger partial charge in [-0.1, -0.05) is 329 Å². The van der Waals surface area contributed by atoms with Gasteiger partial charge in [-0.05, 0) is 103 Å². The minimum Gasteiger partial charge on any atom is -0.462 e. The SMILES string of the molecule is CC/C=C\C/C=C\C/C=C\C/C=C\C/C=C\C/C=C\CCCCCCCCCCC(=O)OCC(COC(=O)CCCCC/C=C\C/C=C\C/C=C\CC)OC(=O)CCCCCCCCCCCCCCCCCCCCCCCCCCC. The van der Waals surface area contributed by atoms with Crippen molar-refractivity contribution in [1.29, 1.82) is 0 Å². The predicted octanol–water partition coefficient (Wildman–Crippen LogP) is 24.6. The molecule has 0 radical (unpaired) electrons. The van der Waals surface area contributed by atoms with Crippen LogP contribution in [0, 0.1) is 0 Å². The molecular weight excluding hydrogens is 1020 g/mol. The second-order valence-electron chi connectivity index (χ2n) is 23.4. The van der Waals surface area contributed by atoms with Crippen LogP contribution in [0.3, 0.4) is 0 Å². The largest absolute Gasteiger partial charge is 0.462 e. The summed E-state index contributed by atoms with van der Waals surface area (Å²) >= 11 is 0. The fourth-order valence-electron chi connectivity index (χ4n) is 10.1. The molecule has 0 spiro atoms. The Morgan fingerprint density at radius 1 is 0.253 bits per heavy atom. The lowest BCUT2D eigenvalue weighted by atomic mass is 10.0. The summed E-state index contributed by atoms with van der Waals surface area (Å²) in [4.78, 5) is 38.4. The zero-order chi connectivity index (χ0) is 59.9. The van der Waals surface area contributed by atoms with Crippen molar-refractivity contribution in [1.82, 2.24) is 0 Å². The predicted molar refractivity (Wildman–Crippen MR) is 362 cm³/mol. The Bertz CT molecular complexity index is 1660. The first-order valence-electron chi connectivity index (χ1n) is 35.4.